The molecule has 1 atom stereocenters. The molecule has 0 radical (unpaired) electrons. The Morgan fingerprint density at radius 2 is 2.47 bits per heavy atom. The highest BCUT2D eigenvalue weighted by Gasteiger charge is 2.24. The number of nitrogens with zero attached hydrogens (tertiary/aromatic N) is 5. The van der Waals surface area contributed by atoms with Gasteiger partial charge in [-0.05, 0) is 24.8 Å². The van der Waals surface area contributed by atoms with Gasteiger partial charge in [-0.2, -0.15) is 4.68 Å². The average Bonchev–Trinajstić information content (AvgIpc) is 2.87. The van der Waals surface area contributed by atoms with E-state index >= 15 is 0 Å². The number of piperidine rings is 1. The van der Waals surface area contributed by atoms with Crippen molar-refractivity contribution < 1.29 is 9.72 Å². The lowest BCUT2D eigenvalue weighted by molar-refractivity contribution is -0.394. The fraction of sp³-hybridized carbons (Fsp3) is 0.700. The van der Waals surface area contributed by atoms with E-state index in [0.717, 1.165) is 12.8 Å². The molecule has 104 valence electrons. The molecule has 1 fully saturated rings. The van der Waals surface area contributed by atoms with E-state index in [4.69, 9.17) is 0 Å². The topological polar surface area (TPSA) is 106 Å². The second kappa shape index (κ2) is 5.74. The van der Waals surface area contributed by atoms with Gasteiger partial charge >= 0.3 is 5.95 Å². The number of rotatable bonds is 4. The monoisotopic (exact) mass is 268 g/mol. The van der Waals surface area contributed by atoms with Gasteiger partial charge in [0.25, 0.3) is 0 Å². The number of likely N-dealkylation sites (tertiary alicyclic amines) is 1. The molecule has 9 heteroatoms. The number of hydrogen-bond acceptors (Lipinski definition) is 6. The van der Waals surface area contributed by atoms with Crippen LogP contribution in [0, 0.1) is 10.1 Å². The van der Waals surface area contributed by atoms with Crippen LogP contribution in [0.1, 0.15) is 12.8 Å². The Morgan fingerprint density at radius 1 is 1.68 bits per heavy atom. The lowest BCUT2D eigenvalue weighted by Crippen LogP contribution is -2.47. The number of hydrogen-bond donors (Lipinski definition) is 1. The molecule has 1 saturated heterocycles. The Balaban J connectivity index is 1.94. The Labute approximate surface area is 109 Å². The van der Waals surface area contributed by atoms with Crippen LogP contribution < -0.4 is 5.32 Å². The molecule has 1 aliphatic rings. The predicted molar refractivity (Wildman–Crippen MR) is 65.3 cm³/mol. The molecule has 1 aromatic heterocycles. The van der Waals surface area contributed by atoms with Crippen LogP contribution in [0.3, 0.4) is 0 Å². The third-order valence-corrected chi connectivity index (χ3v) is 3.17. The first-order valence-electron chi connectivity index (χ1n) is 6.09. The molecule has 1 unspecified atom stereocenters. The second-order valence-corrected chi connectivity index (χ2v) is 4.47. The minimum Gasteiger partial charge on any atom is -0.390 e. The maximum atomic E-state index is 12.0. The van der Waals surface area contributed by atoms with Crippen LogP contribution in [-0.2, 0) is 11.3 Å². The van der Waals surface area contributed by atoms with E-state index in [1.165, 1.54) is 11.0 Å². The summed E-state index contributed by atoms with van der Waals surface area (Å²) in [7, 11) is 1.87. The van der Waals surface area contributed by atoms with Gasteiger partial charge < -0.3 is 20.3 Å². The third-order valence-electron chi connectivity index (χ3n) is 3.17. The average molecular weight is 268 g/mol. The Hall–Kier alpha value is -2.03. The van der Waals surface area contributed by atoms with Crippen molar-refractivity contribution in [1.29, 1.82) is 0 Å². The molecule has 2 heterocycles. The van der Waals surface area contributed by atoms with Crippen molar-refractivity contribution in [2.75, 3.05) is 20.1 Å². The molecule has 0 bridgehead atoms. The van der Waals surface area contributed by atoms with Crippen LogP contribution in [0.25, 0.3) is 0 Å². The summed E-state index contributed by atoms with van der Waals surface area (Å²) in [6.45, 7) is 1.36. The standard InChI is InChI=1S/C10H16N6O3/c1-11-8-3-2-4-14(5-8)9(17)6-15-7-12-10(13-15)16(18)19/h7-8,11H,2-6H2,1H3. The first kappa shape index (κ1) is 13.4. The molecule has 0 spiro atoms. The number of nitro groups is 1. The van der Waals surface area contributed by atoms with Crippen molar-refractivity contribution in [3.63, 3.8) is 0 Å². The zero-order chi connectivity index (χ0) is 13.8. The highest BCUT2D eigenvalue weighted by atomic mass is 16.6. The SMILES string of the molecule is CNC1CCCN(C(=O)Cn2cnc([N+](=O)[O-])n2)C1. The van der Waals surface area contributed by atoms with Gasteiger partial charge in [-0.25, -0.2) is 0 Å². The van der Waals surface area contributed by atoms with Gasteiger partial charge in [-0.15, -0.1) is 0 Å². The summed E-state index contributed by atoms with van der Waals surface area (Å²) in [4.78, 5) is 27.1. The smallest absolute Gasteiger partial charge is 0.390 e. The summed E-state index contributed by atoms with van der Waals surface area (Å²) in [6, 6.07) is 0.308. The van der Waals surface area contributed by atoms with Crippen molar-refractivity contribution in [3.8, 4) is 0 Å². The molecule has 0 aromatic carbocycles. The maximum Gasteiger partial charge on any atom is 0.490 e. The third kappa shape index (κ3) is 3.25. The fourth-order valence-electron chi connectivity index (χ4n) is 2.12. The summed E-state index contributed by atoms with van der Waals surface area (Å²) >= 11 is 0. The maximum absolute atomic E-state index is 12.0. The summed E-state index contributed by atoms with van der Waals surface area (Å²) < 4.78 is 1.20. The zero-order valence-corrected chi connectivity index (χ0v) is 10.7. The van der Waals surface area contributed by atoms with Crippen LogP contribution in [0.2, 0.25) is 0 Å². The lowest BCUT2D eigenvalue weighted by atomic mass is 10.1. The van der Waals surface area contributed by atoms with Crippen molar-refractivity contribution in [2.24, 2.45) is 0 Å². The summed E-state index contributed by atoms with van der Waals surface area (Å²) in [5.41, 5.74) is 0. The molecule has 1 amide bonds. The Bertz CT molecular complexity index is 474. The quantitative estimate of drug-likeness (QED) is 0.577. The number of carbonyl (C=O) groups is 1. The number of likely N-dealkylation sites (N-methyl/N-ethyl adjacent to an activating group) is 1. The van der Waals surface area contributed by atoms with E-state index in [1.54, 1.807) is 4.90 Å². The molecule has 9 nitrogen and oxygen atoms in total. The molecule has 0 saturated carbocycles. The van der Waals surface area contributed by atoms with Crippen molar-refractivity contribution in [3.05, 3.63) is 16.4 Å². The van der Waals surface area contributed by atoms with E-state index in [1.807, 2.05) is 7.05 Å². The van der Waals surface area contributed by atoms with E-state index in [-0.39, 0.29) is 12.5 Å². The molecule has 1 N–H and O–H groups in total. The predicted octanol–water partition coefficient (Wildman–Crippen LogP) is -0.603. The van der Waals surface area contributed by atoms with Gasteiger partial charge in [0.2, 0.25) is 12.2 Å². The number of carbonyl (C=O) groups excluding carboxylic acids is 1. The van der Waals surface area contributed by atoms with Crippen molar-refractivity contribution >= 4 is 11.9 Å². The molecular weight excluding hydrogens is 252 g/mol. The zero-order valence-electron chi connectivity index (χ0n) is 10.7. The van der Waals surface area contributed by atoms with Gasteiger partial charge in [0.15, 0.2) is 0 Å². The summed E-state index contributed by atoms with van der Waals surface area (Å²) in [5.74, 6) is -0.584. The fourth-order valence-corrected chi connectivity index (χ4v) is 2.12. The van der Waals surface area contributed by atoms with Crippen molar-refractivity contribution in [1.82, 2.24) is 25.0 Å². The Kier molecular flexibility index (Phi) is 4.05. The van der Waals surface area contributed by atoms with E-state index < -0.39 is 10.9 Å². The molecule has 0 aliphatic carbocycles. The lowest BCUT2D eigenvalue weighted by Gasteiger charge is -2.32. The minimum atomic E-state index is -0.682. The first-order chi connectivity index (χ1) is 9.10. The van der Waals surface area contributed by atoms with E-state index in [9.17, 15) is 14.9 Å². The molecule has 2 rings (SSSR count). The molecule has 1 aromatic rings. The van der Waals surface area contributed by atoms with Gasteiger partial charge in [0, 0.05) is 24.2 Å². The number of aromatic nitrogens is 3. The van der Waals surface area contributed by atoms with Gasteiger partial charge in [-0.3, -0.25) is 4.79 Å². The van der Waals surface area contributed by atoms with Crippen LogP contribution in [-0.4, -0.2) is 56.7 Å². The summed E-state index contributed by atoms with van der Waals surface area (Å²) in [5, 5.41) is 17.2. The highest BCUT2D eigenvalue weighted by molar-refractivity contribution is 5.76. The van der Waals surface area contributed by atoms with Crippen LogP contribution in [0.5, 0.6) is 0 Å². The largest absolute Gasteiger partial charge is 0.490 e. The first-order valence-corrected chi connectivity index (χ1v) is 6.09. The van der Waals surface area contributed by atoms with Crippen LogP contribution >= 0.6 is 0 Å². The van der Waals surface area contributed by atoms with E-state index in [2.05, 4.69) is 15.4 Å². The van der Waals surface area contributed by atoms with Crippen LogP contribution in [0.15, 0.2) is 6.33 Å². The Morgan fingerprint density at radius 3 is 3.11 bits per heavy atom. The molecule has 1 aliphatic heterocycles. The molecular formula is C10H16N6O3. The van der Waals surface area contributed by atoms with Crippen molar-refractivity contribution in [2.45, 2.75) is 25.4 Å². The molecule has 19 heavy (non-hydrogen) atoms. The highest BCUT2D eigenvalue weighted by Crippen LogP contribution is 2.10. The second-order valence-electron chi connectivity index (χ2n) is 4.47. The summed E-state index contributed by atoms with van der Waals surface area (Å²) in [6.07, 6.45) is 3.21. The minimum absolute atomic E-state index is 0.0166. The number of amides is 1. The van der Waals surface area contributed by atoms with Gasteiger partial charge in [-0.1, -0.05) is 4.98 Å². The van der Waals surface area contributed by atoms with Gasteiger partial charge in [0.1, 0.15) is 6.54 Å². The van der Waals surface area contributed by atoms with Crippen LogP contribution in [0.4, 0.5) is 5.95 Å². The van der Waals surface area contributed by atoms with E-state index in [0.29, 0.717) is 19.1 Å². The normalized spacial score (nSPS) is 19.4. The number of nitrogens with one attached hydrogen (secondary N) is 1. The van der Waals surface area contributed by atoms with Gasteiger partial charge in [0.05, 0.1) is 0 Å².